The molecule has 5 nitrogen and oxygen atoms in total. The first-order valence-corrected chi connectivity index (χ1v) is 8.07. The number of hydrogen-bond donors (Lipinski definition) is 1. The van der Waals surface area contributed by atoms with E-state index in [9.17, 15) is 4.79 Å². The van der Waals surface area contributed by atoms with Crippen LogP contribution in [0.15, 0.2) is 43.0 Å². The second kappa shape index (κ2) is 5.57. The van der Waals surface area contributed by atoms with Crippen molar-refractivity contribution in [1.82, 2.24) is 19.4 Å². The minimum absolute atomic E-state index is 0.0867. The Bertz CT molecular complexity index is 834. The molecule has 0 unspecified atom stereocenters. The van der Waals surface area contributed by atoms with E-state index in [4.69, 9.17) is 0 Å². The van der Waals surface area contributed by atoms with E-state index in [2.05, 4.69) is 33.6 Å². The molecule has 0 aliphatic carbocycles. The molecule has 1 fully saturated rings. The fraction of sp³-hybridized carbons (Fsp3) is 0.333. The fourth-order valence-electron chi connectivity index (χ4n) is 3.41. The highest BCUT2D eigenvalue weighted by Crippen LogP contribution is 2.24. The van der Waals surface area contributed by atoms with Gasteiger partial charge in [-0.25, -0.2) is 4.98 Å². The van der Waals surface area contributed by atoms with Crippen molar-refractivity contribution in [3.8, 4) is 0 Å². The van der Waals surface area contributed by atoms with E-state index in [1.807, 2.05) is 29.6 Å². The Labute approximate surface area is 134 Å². The summed E-state index contributed by atoms with van der Waals surface area (Å²) in [5.74, 6) is 0.0867. The molecule has 0 radical (unpaired) electrons. The van der Waals surface area contributed by atoms with Gasteiger partial charge in [0.2, 0.25) is 0 Å². The van der Waals surface area contributed by atoms with Crippen molar-refractivity contribution in [3.05, 3.63) is 54.2 Å². The minimum Gasteiger partial charge on any atom is -0.351 e. The van der Waals surface area contributed by atoms with Gasteiger partial charge in [-0.3, -0.25) is 4.79 Å². The molecule has 3 heterocycles. The van der Waals surface area contributed by atoms with Crippen LogP contribution in [0.3, 0.4) is 0 Å². The van der Waals surface area contributed by atoms with Gasteiger partial charge in [-0.1, -0.05) is 11.6 Å². The van der Waals surface area contributed by atoms with Crippen molar-refractivity contribution in [2.24, 2.45) is 0 Å². The number of carbonyl (C=O) groups is 1. The van der Waals surface area contributed by atoms with Crippen LogP contribution in [0.25, 0.3) is 10.9 Å². The zero-order valence-electron chi connectivity index (χ0n) is 13.2. The van der Waals surface area contributed by atoms with Crippen LogP contribution in [0, 0.1) is 6.92 Å². The number of aromatic amines is 1. The largest absolute Gasteiger partial charge is 0.351 e. The maximum Gasteiger partial charge on any atom is 0.270 e. The van der Waals surface area contributed by atoms with Gasteiger partial charge in [-0.2, -0.15) is 0 Å². The number of carbonyl (C=O) groups excluding carboxylic acids is 1. The second-order valence-electron chi connectivity index (χ2n) is 6.33. The molecule has 1 aromatic carbocycles. The molecule has 1 N–H and O–H groups in total. The van der Waals surface area contributed by atoms with Gasteiger partial charge < -0.3 is 14.5 Å². The summed E-state index contributed by atoms with van der Waals surface area (Å²) < 4.78 is 2.11. The quantitative estimate of drug-likeness (QED) is 0.790. The first kappa shape index (κ1) is 14.1. The Morgan fingerprint density at radius 2 is 2.26 bits per heavy atom. The lowest BCUT2D eigenvalue weighted by molar-refractivity contribution is 0.0674. The van der Waals surface area contributed by atoms with Crippen LogP contribution in [0.1, 0.15) is 34.9 Å². The molecule has 1 atom stereocenters. The molecular weight excluding hydrogens is 288 g/mol. The fourth-order valence-corrected chi connectivity index (χ4v) is 3.41. The van der Waals surface area contributed by atoms with E-state index < -0.39 is 0 Å². The third-order valence-electron chi connectivity index (χ3n) is 4.64. The SMILES string of the molecule is Cc1ccc2[nH]c(C(=O)N3CCC[C@H](n4ccnc4)C3)cc2c1. The number of rotatable bonds is 2. The average molecular weight is 308 g/mol. The van der Waals surface area contributed by atoms with Crippen molar-refractivity contribution in [2.75, 3.05) is 13.1 Å². The summed E-state index contributed by atoms with van der Waals surface area (Å²) in [5.41, 5.74) is 2.90. The van der Waals surface area contributed by atoms with Crippen LogP contribution in [-0.4, -0.2) is 38.4 Å². The topological polar surface area (TPSA) is 53.9 Å². The van der Waals surface area contributed by atoms with Crippen molar-refractivity contribution in [3.63, 3.8) is 0 Å². The van der Waals surface area contributed by atoms with Crippen molar-refractivity contribution >= 4 is 16.8 Å². The van der Waals surface area contributed by atoms with Crippen LogP contribution in [0.4, 0.5) is 0 Å². The lowest BCUT2D eigenvalue weighted by atomic mass is 10.1. The van der Waals surface area contributed by atoms with E-state index in [0.717, 1.165) is 36.8 Å². The van der Waals surface area contributed by atoms with Gasteiger partial charge in [0.25, 0.3) is 5.91 Å². The average Bonchev–Trinajstić information content (AvgIpc) is 3.23. The summed E-state index contributed by atoms with van der Waals surface area (Å²) in [6.07, 6.45) is 7.72. The van der Waals surface area contributed by atoms with E-state index in [-0.39, 0.29) is 5.91 Å². The molecule has 0 bridgehead atoms. The minimum atomic E-state index is 0.0867. The third-order valence-corrected chi connectivity index (χ3v) is 4.64. The van der Waals surface area contributed by atoms with Crippen molar-refractivity contribution in [1.29, 1.82) is 0 Å². The number of fused-ring (bicyclic) bond motifs is 1. The zero-order chi connectivity index (χ0) is 15.8. The molecule has 2 aromatic heterocycles. The Kier molecular flexibility index (Phi) is 3.41. The number of aryl methyl sites for hydroxylation is 1. The van der Waals surface area contributed by atoms with Crippen LogP contribution in [-0.2, 0) is 0 Å². The highest BCUT2D eigenvalue weighted by Gasteiger charge is 2.26. The predicted octanol–water partition coefficient (Wildman–Crippen LogP) is 3.15. The molecule has 118 valence electrons. The monoisotopic (exact) mass is 308 g/mol. The zero-order valence-corrected chi connectivity index (χ0v) is 13.2. The molecule has 1 saturated heterocycles. The maximum absolute atomic E-state index is 12.8. The summed E-state index contributed by atoms with van der Waals surface area (Å²) in [7, 11) is 0. The molecular formula is C18H20N4O. The van der Waals surface area contributed by atoms with E-state index >= 15 is 0 Å². The van der Waals surface area contributed by atoms with Gasteiger partial charge in [0, 0.05) is 36.4 Å². The van der Waals surface area contributed by atoms with Gasteiger partial charge in [-0.05, 0) is 38.0 Å². The Balaban J connectivity index is 1.57. The van der Waals surface area contributed by atoms with Gasteiger partial charge in [0.15, 0.2) is 0 Å². The van der Waals surface area contributed by atoms with Crippen LogP contribution >= 0.6 is 0 Å². The van der Waals surface area contributed by atoms with Gasteiger partial charge in [0.1, 0.15) is 5.69 Å². The van der Waals surface area contributed by atoms with Crippen LogP contribution < -0.4 is 0 Å². The number of piperidine rings is 1. The molecule has 3 aromatic rings. The summed E-state index contributed by atoms with van der Waals surface area (Å²) in [4.78, 5) is 22.2. The highest BCUT2D eigenvalue weighted by molar-refractivity contribution is 5.98. The number of amides is 1. The lowest BCUT2D eigenvalue weighted by Gasteiger charge is -2.33. The van der Waals surface area contributed by atoms with E-state index in [0.29, 0.717) is 11.7 Å². The van der Waals surface area contributed by atoms with Gasteiger partial charge in [0.05, 0.1) is 12.4 Å². The van der Waals surface area contributed by atoms with E-state index in [1.165, 1.54) is 5.56 Å². The highest BCUT2D eigenvalue weighted by atomic mass is 16.2. The van der Waals surface area contributed by atoms with Crippen LogP contribution in [0.2, 0.25) is 0 Å². The van der Waals surface area contributed by atoms with Gasteiger partial charge >= 0.3 is 0 Å². The molecule has 4 rings (SSSR count). The molecule has 23 heavy (non-hydrogen) atoms. The van der Waals surface area contributed by atoms with Gasteiger partial charge in [-0.15, -0.1) is 0 Å². The molecule has 0 saturated carbocycles. The Hall–Kier alpha value is -2.56. The molecule has 0 spiro atoms. The first-order chi connectivity index (χ1) is 11.2. The summed E-state index contributed by atoms with van der Waals surface area (Å²) in [5, 5.41) is 1.09. The summed E-state index contributed by atoms with van der Waals surface area (Å²) in [6.45, 7) is 3.62. The summed E-state index contributed by atoms with van der Waals surface area (Å²) in [6, 6.07) is 8.48. The normalized spacial score (nSPS) is 18.5. The van der Waals surface area contributed by atoms with Crippen molar-refractivity contribution < 1.29 is 4.79 Å². The summed E-state index contributed by atoms with van der Waals surface area (Å²) >= 11 is 0. The smallest absolute Gasteiger partial charge is 0.270 e. The number of nitrogens with one attached hydrogen (secondary N) is 1. The Morgan fingerprint density at radius 1 is 1.35 bits per heavy atom. The number of nitrogens with zero attached hydrogens (tertiary/aromatic N) is 3. The standard InChI is InChI=1S/C18H20N4O/c1-13-4-5-16-14(9-13)10-17(20-16)18(23)21-7-2-3-15(11-21)22-8-6-19-12-22/h4-6,8-10,12,15,20H,2-3,7,11H2,1H3/t15-/m0/s1. The third kappa shape index (κ3) is 2.63. The molecule has 1 aliphatic rings. The number of imidazole rings is 1. The number of likely N-dealkylation sites (tertiary alicyclic amines) is 1. The number of hydrogen-bond acceptors (Lipinski definition) is 2. The van der Waals surface area contributed by atoms with E-state index in [1.54, 1.807) is 6.20 Å². The molecule has 5 heteroatoms. The maximum atomic E-state index is 12.8. The number of benzene rings is 1. The lowest BCUT2D eigenvalue weighted by Crippen LogP contribution is -2.40. The van der Waals surface area contributed by atoms with Crippen molar-refractivity contribution in [2.45, 2.75) is 25.8 Å². The Morgan fingerprint density at radius 3 is 3.09 bits per heavy atom. The molecule has 1 aliphatic heterocycles. The second-order valence-corrected chi connectivity index (χ2v) is 6.33. The first-order valence-electron chi connectivity index (χ1n) is 8.07. The van der Waals surface area contributed by atoms with Crippen LogP contribution in [0.5, 0.6) is 0 Å². The number of aromatic nitrogens is 3. The predicted molar refractivity (Wildman–Crippen MR) is 89.4 cm³/mol. The number of H-pyrrole nitrogens is 1. The molecule has 1 amide bonds.